The third kappa shape index (κ3) is 2.41. The van der Waals surface area contributed by atoms with Gasteiger partial charge >= 0.3 is 5.97 Å². The normalized spacial score (nSPS) is 30.7. The molecule has 0 radical (unpaired) electrons. The van der Waals surface area contributed by atoms with Gasteiger partial charge in [-0.1, -0.05) is 12.2 Å². The predicted molar refractivity (Wildman–Crippen MR) is 56.1 cm³/mol. The molecule has 82 valence electrons. The van der Waals surface area contributed by atoms with Gasteiger partial charge in [0.2, 0.25) is 0 Å². The van der Waals surface area contributed by atoms with Crippen molar-refractivity contribution in [2.75, 3.05) is 7.11 Å². The molecule has 3 nitrogen and oxygen atoms in total. The van der Waals surface area contributed by atoms with Gasteiger partial charge in [-0.3, -0.25) is 0 Å². The van der Waals surface area contributed by atoms with Crippen molar-refractivity contribution in [2.24, 2.45) is 5.92 Å². The third-order valence-corrected chi connectivity index (χ3v) is 3.05. The molecular weight excluding hydrogens is 192 g/mol. The van der Waals surface area contributed by atoms with Crippen molar-refractivity contribution in [1.29, 1.82) is 0 Å². The van der Waals surface area contributed by atoms with Gasteiger partial charge in [-0.05, 0) is 19.3 Å². The number of methoxy groups -OCH3 is 1. The Hall–Kier alpha value is -1.25. The minimum atomic E-state index is -0.266. The summed E-state index contributed by atoms with van der Waals surface area (Å²) in [6.07, 6.45) is 9.73. The maximum absolute atomic E-state index is 11.3. The van der Waals surface area contributed by atoms with E-state index in [1.54, 1.807) is 7.11 Å². The molecule has 2 aliphatic rings. The van der Waals surface area contributed by atoms with Gasteiger partial charge in [0, 0.05) is 12.3 Å². The van der Waals surface area contributed by atoms with Gasteiger partial charge in [0.05, 0.1) is 13.2 Å². The Balaban J connectivity index is 2.02. The van der Waals surface area contributed by atoms with E-state index >= 15 is 0 Å². The summed E-state index contributed by atoms with van der Waals surface area (Å²) in [5.74, 6) is 0.932. The summed E-state index contributed by atoms with van der Waals surface area (Å²) < 4.78 is 10.5. The van der Waals surface area contributed by atoms with E-state index in [-0.39, 0.29) is 12.1 Å². The van der Waals surface area contributed by atoms with Gasteiger partial charge in [-0.2, -0.15) is 0 Å². The Bertz CT molecular complexity index is 304. The third-order valence-electron chi connectivity index (χ3n) is 3.05. The van der Waals surface area contributed by atoms with Crippen LogP contribution in [0.15, 0.2) is 24.0 Å². The first kappa shape index (κ1) is 10.3. The summed E-state index contributed by atoms with van der Waals surface area (Å²) in [6, 6.07) is 0. The molecule has 1 heterocycles. The second-order valence-corrected chi connectivity index (χ2v) is 4.04. The van der Waals surface area contributed by atoms with Gasteiger partial charge in [0.15, 0.2) is 0 Å². The molecule has 1 aliphatic carbocycles. The number of esters is 1. The Morgan fingerprint density at radius 1 is 1.47 bits per heavy atom. The van der Waals surface area contributed by atoms with Crippen LogP contribution in [-0.4, -0.2) is 19.2 Å². The topological polar surface area (TPSA) is 35.5 Å². The van der Waals surface area contributed by atoms with E-state index in [2.05, 4.69) is 12.2 Å². The molecule has 2 atom stereocenters. The molecule has 15 heavy (non-hydrogen) atoms. The Kier molecular flexibility index (Phi) is 3.09. The SMILES string of the molecule is COC1=CC(=O)O[C@@H]([C@@H]2CC=CCC2)C1. The number of cyclic esters (lactones) is 1. The molecule has 1 aliphatic heterocycles. The van der Waals surface area contributed by atoms with Crippen LogP contribution in [0.5, 0.6) is 0 Å². The predicted octanol–water partition coefficient (Wildman–Crippen LogP) is 2.19. The zero-order valence-electron chi connectivity index (χ0n) is 8.94. The van der Waals surface area contributed by atoms with Crippen molar-refractivity contribution in [3.63, 3.8) is 0 Å². The Labute approximate surface area is 89.8 Å². The summed E-state index contributed by atoms with van der Waals surface area (Å²) in [7, 11) is 1.60. The minimum Gasteiger partial charge on any atom is -0.501 e. The van der Waals surface area contributed by atoms with Gasteiger partial charge in [-0.15, -0.1) is 0 Å². The largest absolute Gasteiger partial charge is 0.501 e. The zero-order valence-corrected chi connectivity index (χ0v) is 8.94. The number of hydrogen-bond acceptors (Lipinski definition) is 3. The van der Waals surface area contributed by atoms with Crippen LogP contribution in [0.25, 0.3) is 0 Å². The van der Waals surface area contributed by atoms with Crippen LogP contribution in [0.3, 0.4) is 0 Å². The van der Waals surface area contributed by atoms with Crippen LogP contribution in [-0.2, 0) is 14.3 Å². The fourth-order valence-electron chi connectivity index (χ4n) is 2.17. The number of carbonyl (C=O) groups excluding carboxylic acids is 1. The van der Waals surface area contributed by atoms with Gasteiger partial charge < -0.3 is 9.47 Å². The fraction of sp³-hybridized carbons (Fsp3) is 0.583. The van der Waals surface area contributed by atoms with Gasteiger partial charge in [0.1, 0.15) is 11.9 Å². The molecule has 2 rings (SSSR count). The van der Waals surface area contributed by atoms with Crippen LogP contribution in [0.4, 0.5) is 0 Å². The maximum Gasteiger partial charge on any atom is 0.334 e. The average Bonchev–Trinajstić information content (AvgIpc) is 2.29. The van der Waals surface area contributed by atoms with E-state index in [0.717, 1.165) is 31.4 Å². The molecule has 0 N–H and O–H groups in total. The molecule has 0 fully saturated rings. The average molecular weight is 208 g/mol. The van der Waals surface area contributed by atoms with Crippen molar-refractivity contribution in [2.45, 2.75) is 31.8 Å². The molecule has 0 aromatic rings. The second kappa shape index (κ2) is 4.51. The van der Waals surface area contributed by atoms with E-state index in [0.29, 0.717) is 5.92 Å². The van der Waals surface area contributed by atoms with Crippen molar-refractivity contribution < 1.29 is 14.3 Å². The first-order chi connectivity index (χ1) is 7.29. The van der Waals surface area contributed by atoms with Crippen molar-refractivity contribution >= 4 is 5.97 Å². The number of ether oxygens (including phenoxy) is 2. The van der Waals surface area contributed by atoms with E-state index in [9.17, 15) is 4.79 Å². The highest BCUT2D eigenvalue weighted by atomic mass is 16.6. The van der Waals surface area contributed by atoms with Gasteiger partial charge in [-0.25, -0.2) is 4.79 Å². The lowest BCUT2D eigenvalue weighted by atomic mass is 9.87. The first-order valence-electron chi connectivity index (χ1n) is 5.40. The monoisotopic (exact) mass is 208 g/mol. The summed E-state index contributed by atoms with van der Waals surface area (Å²) in [5.41, 5.74) is 0. The molecular formula is C12H16O3. The van der Waals surface area contributed by atoms with E-state index in [1.807, 2.05) is 0 Å². The molecule has 0 bridgehead atoms. The summed E-state index contributed by atoms with van der Waals surface area (Å²) in [5, 5.41) is 0. The molecule has 3 heteroatoms. The van der Waals surface area contributed by atoms with Crippen LogP contribution in [0.1, 0.15) is 25.7 Å². The van der Waals surface area contributed by atoms with Crippen molar-refractivity contribution in [3.8, 4) is 0 Å². The van der Waals surface area contributed by atoms with Gasteiger partial charge in [0.25, 0.3) is 0 Å². The Morgan fingerprint density at radius 2 is 2.33 bits per heavy atom. The van der Waals surface area contributed by atoms with E-state index in [1.165, 1.54) is 6.08 Å². The molecule has 0 amide bonds. The lowest BCUT2D eigenvalue weighted by molar-refractivity contribution is -0.148. The number of allylic oxidation sites excluding steroid dienone is 2. The summed E-state index contributed by atoms with van der Waals surface area (Å²) in [6.45, 7) is 0. The van der Waals surface area contributed by atoms with Crippen LogP contribution >= 0.6 is 0 Å². The lowest BCUT2D eigenvalue weighted by Gasteiger charge is -2.30. The zero-order chi connectivity index (χ0) is 10.7. The molecule has 0 saturated carbocycles. The standard InChI is InChI=1S/C12H16O3/c1-14-10-7-11(15-12(13)8-10)9-5-3-2-4-6-9/h2-3,8-9,11H,4-7H2,1H3/t9-,11-/m1/s1. The first-order valence-corrected chi connectivity index (χ1v) is 5.40. The summed E-state index contributed by atoms with van der Waals surface area (Å²) >= 11 is 0. The molecule has 0 spiro atoms. The smallest absolute Gasteiger partial charge is 0.334 e. The summed E-state index contributed by atoms with van der Waals surface area (Å²) in [4.78, 5) is 11.3. The molecule has 0 aromatic carbocycles. The van der Waals surface area contributed by atoms with Crippen molar-refractivity contribution in [1.82, 2.24) is 0 Å². The Morgan fingerprint density at radius 3 is 3.00 bits per heavy atom. The van der Waals surface area contributed by atoms with Crippen LogP contribution in [0.2, 0.25) is 0 Å². The second-order valence-electron chi connectivity index (χ2n) is 4.04. The molecule has 0 unspecified atom stereocenters. The quantitative estimate of drug-likeness (QED) is 0.515. The number of carbonyl (C=O) groups is 1. The van der Waals surface area contributed by atoms with E-state index < -0.39 is 0 Å². The fourth-order valence-corrected chi connectivity index (χ4v) is 2.17. The molecule has 0 aromatic heterocycles. The highest BCUT2D eigenvalue weighted by molar-refractivity contribution is 5.83. The maximum atomic E-state index is 11.3. The van der Waals surface area contributed by atoms with Crippen LogP contribution < -0.4 is 0 Å². The highest BCUT2D eigenvalue weighted by Gasteiger charge is 2.29. The minimum absolute atomic E-state index is 0.00222. The lowest BCUT2D eigenvalue weighted by Crippen LogP contribution is -2.31. The van der Waals surface area contributed by atoms with Crippen molar-refractivity contribution in [3.05, 3.63) is 24.0 Å². The number of rotatable bonds is 2. The van der Waals surface area contributed by atoms with Crippen LogP contribution in [0, 0.1) is 5.92 Å². The number of hydrogen-bond donors (Lipinski definition) is 0. The molecule has 0 saturated heterocycles. The highest BCUT2D eigenvalue weighted by Crippen LogP contribution is 2.30. The van der Waals surface area contributed by atoms with E-state index in [4.69, 9.17) is 9.47 Å².